The highest BCUT2D eigenvalue weighted by Gasteiger charge is 2.32. The summed E-state index contributed by atoms with van der Waals surface area (Å²) in [7, 11) is 0. The van der Waals surface area contributed by atoms with E-state index in [0.717, 1.165) is 6.07 Å². The van der Waals surface area contributed by atoms with Gasteiger partial charge in [0.2, 0.25) is 0 Å². The van der Waals surface area contributed by atoms with E-state index in [4.69, 9.17) is 15.5 Å². The molecule has 0 heterocycles. The molecule has 0 aliphatic carbocycles. The minimum Gasteiger partial charge on any atom is -0.508 e. The van der Waals surface area contributed by atoms with Gasteiger partial charge >= 0.3 is 6.18 Å². The fourth-order valence-corrected chi connectivity index (χ4v) is 1.22. The number of nitriles is 1. The number of hydrogen-bond donors (Lipinski definition) is 3. The quantitative estimate of drug-likeness (QED) is 0.688. The van der Waals surface area contributed by atoms with Crippen LogP contribution in [0.3, 0.4) is 0 Å². The van der Waals surface area contributed by atoms with Crippen LogP contribution in [0.1, 0.15) is 17.2 Å². The summed E-state index contributed by atoms with van der Waals surface area (Å²) in [5.41, 5.74) is -1.55. The molecule has 0 bridgehead atoms. The van der Waals surface area contributed by atoms with Gasteiger partial charge in [-0.25, -0.2) is 0 Å². The first-order valence-corrected chi connectivity index (χ1v) is 4.42. The van der Waals surface area contributed by atoms with Gasteiger partial charge in [-0.15, -0.1) is 0 Å². The van der Waals surface area contributed by atoms with Crippen molar-refractivity contribution in [3.63, 3.8) is 0 Å². The van der Waals surface area contributed by atoms with Crippen LogP contribution in [0.2, 0.25) is 0 Å². The molecule has 7 heteroatoms. The molecule has 0 aromatic heterocycles. The van der Waals surface area contributed by atoms with E-state index in [0.29, 0.717) is 12.1 Å². The second-order valence-corrected chi connectivity index (χ2v) is 3.33. The minimum absolute atomic E-state index is 0.383. The molecule has 0 amide bonds. The van der Waals surface area contributed by atoms with Gasteiger partial charge in [-0.1, -0.05) is 0 Å². The van der Waals surface area contributed by atoms with E-state index < -0.39 is 29.7 Å². The molecular weight excluding hydrogens is 239 g/mol. The summed E-state index contributed by atoms with van der Waals surface area (Å²) in [4.78, 5) is 0. The summed E-state index contributed by atoms with van der Waals surface area (Å²) >= 11 is 0. The summed E-state index contributed by atoms with van der Waals surface area (Å²) in [5.74, 6) is -0.709. The molecule has 92 valence electrons. The Morgan fingerprint density at radius 1 is 1.18 bits per heavy atom. The van der Waals surface area contributed by atoms with Gasteiger partial charge in [0, 0.05) is 0 Å². The zero-order chi connectivity index (χ0) is 13.2. The van der Waals surface area contributed by atoms with Crippen LogP contribution in [0, 0.1) is 11.3 Å². The van der Waals surface area contributed by atoms with Crippen LogP contribution in [-0.4, -0.2) is 21.4 Å². The van der Waals surface area contributed by atoms with Crippen molar-refractivity contribution < 1.29 is 28.5 Å². The molecule has 0 fully saturated rings. The number of phenols is 1. The summed E-state index contributed by atoms with van der Waals surface area (Å²) in [6, 6.07) is 3.17. The molecule has 0 spiro atoms. The van der Waals surface area contributed by atoms with Crippen LogP contribution in [0.5, 0.6) is 5.75 Å². The lowest BCUT2D eigenvalue weighted by Crippen LogP contribution is -2.16. The van der Waals surface area contributed by atoms with E-state index in [-0.39, 0.29) is 5.56 Å². The van der Waals surface area contributed by atoms with Crippen molar-refractivity contribution >= 4 is 0 Å². The summed E-state index contributed by atoms with van der Waals surface area (Å²) in [5, 5.41) is 35.7. The second-order valence-electron chi connectivity index (χ2n) is 3.33. The van der Waals surface area contributed by atoms with Gasteiger partial charge in [0.05, 0.1) is 11.6 Å². The first-order valence-electron chi connectivity index (χ1n) is 4.42. The fourth-order valence-electron chi connectivity index (χ4n) is 1.22. The van der Waals surface area contributed by atoms with Gasteiger partial charge in [0.15, 0.2) is 6.10 Å². The second kappa shape index (κ2) is 4.61. The first-order chi connectivity index (χ1) is 7.75. The molecule has 1 aromatic rings. The van der Waals surface area contributed by atoms with E-state index in [1.807, 2.05) is 0 Å². The van der Waals surface area contributed by atoms with Crippen LogP contribution in [0.25, 0.3) is 0 Å². The lowest BCUT2D eigenvalue weighted by molar-refractivity contribution is -0.137. The van der Waals surface area contributed by atoms with E-state index in [9.17, 15) is 18.3 Å². The number of aliphatic hydroxyl groups is 2. The molecule has 0 aliphatic rings. The number of hydrogen-bond acceptors (Lipinski definition) is 4. The predicted molar refractivity (Wildman–Crippen MR) is 49.7 cm³/mol. The Morgan fingerprint density at radius 2 is 1.76 bits per heavy atom. The van der Waals surface area contributed by atoms with Crippen LogP contribution < -0.4 is 0 Å². The Hall–Kier alpha value is -1.78. The van der Waals surface area contributed by atoms with Gasteiger partial charge in [0.1, 0.15) is 11.9 Å². The molecule has 1 aromatic carbocycles. The molecule has 3 N–H and O–H groups in total. The number of alkyl halides is 3. The summed E-state index contributed by atoms with van der Waals surface area (Å²) < 4.78 is 37.1. The average Bonchev–Trinajstić information content (AvgIpc) is 2.25. The van der Waals surface area contributed by atoms with Gasteiger partial charge < -0.3 is 15.3 Å². The zero-order valence-corrected chi connectivity index (χ0v) is 8.31. The van der Waals surface area contributed by atoms with Crippen molar-refractivity contribution in [3.05, 3.63) is 29.3 Å². The van der Waals surface area contributed by atoms with Crippen molar-refractivity contribution in [2.45, 2.75) is 18.4 Å². The third-order valence-electron chi connectivity index (χ3n) is 2.04. The van der Waals surface area contributed by atoms with Crippen LogP contribution in [0.15, 0.2) is 18.2 Å². The lowest BCUT2D eigenvalue weighted by Gasteiger charge is -2.15. The van der Waals surface area contributed by atoms with E-state index >= 15 is 0 Å². The standard InChI is InChI=1S/C10H8F3NO3/c11-10(12,13)6-1-5(2-7(15)3-6)9(17)8(16)4-14/h1-3,8-9,15-17H. The molecule has 0 saturated carbocycles. The van der Waals surface area contributed by atoms with Crippen LogP contribution >= 0.6 is 0 Å². The smallest absolute Gasteiger partial charge is 0.416 e. The van der Waals surface area contributed by atoms with E-state index in [1.54, 1.807) is 0 Å². The molecule has 0 saturated heterocycles. The van der Waals surface area contributed by atoms with Gasteiger partial charge in [0.25, 0.3) is 0 Å². The Labute approximate surface area is 94.2 Å². The van der Waals surface area contributed by atoms with E-state index in [1.165, 1.54) is 6.07 Å². The largest absolute Gasteiger partial charge is 0.508 e. The summed E-state index contributed by atoms with van der Waals surface area (Å²) in [6.07, 6.45) is -8.36. The number of rotatable bonds is 2. The number of aromatic hydroxyl groups is 1. The monoisotopic (exact) mass is 247 g/mol. The Balaban J connectivity index is 3.19. The lowest BCUT2D eigenvalue weighted by atomic mass is 10.0. The Morgan fingerprint density at radius 3 is 2.24 bits per heavy atom. The number of aliphatic hydroxyl groups excluding tert-OH is 2. The van der Waals surface area contributed by atoms with Gasteiger partial charge in [-0.3, -0.25) is 0 Å². The SMILES string of the molecule is N#CC(O)C(O)c1cc(O)cc(C(F)(F)F)c1. The average molecular weight is 247 g/mol. The molecule has 2 unspecified atom stereocenters. The van der Waals surface area contributed by atoms with Gasteiger partial charge in [-0.05, 0) is 23.8 Å². The highest BCUT2D eigenvalue weighted by Crippen LogP contribution is 2.34. The van der Waals surface area contributed by atoms with Crippen molar-refractivity contribution in [2.24, 2.45) is 0 Å². The van der Waals surface area contributed by atoms with Crippen molar-refractivity contribution in [2.75, 3.05) is 0 Å². The highest BCUT2D eigenvalue weighted by molar-refractivity contribution is 5.36. The minimum atomic E-state index is -4.69. The molecule has 0 aliphatic heterocycles. The van der Waals surface area contributed by atoms with E-state index in [2.05, 4.69) is 0 Å². The Bertz CT molecular complexity index is 453. The third-order valence-corrected chi connectivity index (χ3v) is 2.04. The maximum Gasteiger partial charge on any atom is 0.416 e. The topological polar surface area (TPSA) is 84.5 Å². The Kier molecular flexibility index (Phi) is 3.60. The molecular formula is C10H8F3NO3. The van der Waals surface area contributed by atoms with Crippen molar-refractivity contribution in [1.82, 2.24) is 0 Å². The number of phenolic OH excluding ortho intramolecular Hbond substituents is 1. The molecule has 2 atom stereocenters. The maximum absolute atomic E-state index is 12.4. The molecule has 17 heavy (non-hydrogen) atoms. The van der Waals surface area contributed by atoms with Crippen LogP contribution in [-0.2, 0) is 6.18 Å². The molecule has 4 nitrogen and oxygen atoms in total. The highest BCUT2D eigenvalue weighted by atomic mass is 19.4. The summed E-state index contributed by atoms with van der Waals surface area (Å²) in [6.45, 7) is 0. The fraction of sp³-hybridized carbons (Fsp3) is 0.300. The molecule has 0 radical (unpaired) electrons. The number of halogens is 3. The van der Waals surface area contributed by atoms with Crippen LogP contribution in [0.4, 0.5) is 13.2 Å². The zero-order valence-electron chi connectivity index (χ0n) is 8.31. The normalized spacial score (nSPS) is 15.1. The van der Waals surface area contributed by atoms with Crippen molar-refractivity contribution in [1.29, 1.82) is 5.26 Å². The van der Waals surface area contributed by atoms with Gasteiger partial charge in [-0.2, -0.15) is 18.4 Å². The predicted octanol–water partition coefficient (Wildman–Crippen LogP) is 1.33. The third kappa shape index (κ3) is 3.09. The van der Waals surface area contributed by atoms with Crippen molar-refractivity contribution in [3.8, 4) is 11.8 Å². The number of benzene rings is 1. The number of nitrogens with zero attached hydrogens (tertiary/aromatic N) is 1. The first kappa shape index (κ1) is 13.3. The maximum atomic E-state index is 12.4. The molecule has 1 rings (SSSR count).